The highest BCUT2D eigenvalue weighted by atomic mass is 16.2. The highest BCUT2D eigenvalue weighted by Crippen LogP contribution is 2.18. The van der Waals surface area contributed by atoms with Crippen LogP contribution in [-0.2, 0) is 16.9 Å². The lowest BCUT2D eigenvalue weighted by atomic mass is 10.1. The minimum absolute atomic E-state index is 0.0812. The molecule has 7 heteroatoms. The van der Waals surface area contributed by atoms with Crippen LogP contribution in [0.5, 0.6) is 0 Å². The highest BCUT2D eigenvalue weighted by Gasteiger charge is 2.21. The molecule has 2 rings (SSSR count). The zero-order valence-electron chi connectivity index (χ0n) is 16.9. The Bertz CT molecular complexity index is 829. The number of carbonyl (C=O) groups excluding carboxylic acids is 1. The second kappa shape index (κ2) is 8.01. The third-order valence-corrected chi connectivity index (χ3v) is 4.58. The SMILES string of the molecule is CCCCN(CC)C(=O)CCn1c(C)nc2c(cnn2C(C)(C)C)c1=O. The first-order valence-electron chi connectivity index (χ1n) is 9.44. The first-order valence-corrected chi connectivity index (χ1v) is 9.44. The van der Waals surface area contributed by atoms with E-state index in [2.05, 4.69) is 17.0 Å². The number of unbranched alkanes of at least 4 members (excludes halogenated alkanes) is 1. The van der Waals surface area contributed by atoms with Gasteiger partial charge in [0.2, 0.25) is 5.91 Å². The largest absolute Gasteiger partial charge is 0.343 e. The van der Waals surface area contributed by atoms with Crippen molar-refractivity contribution in [2.24, 2.45) is 0 Å². The van der Waals surface area contributed by atoms with E-state index in [1.54, 1.807) is 22.4 Å². The van der Waals surface area contributed by atoms with Crippen molar-refractivity contribution < 1.29 is 4.79 Å². The van der Waals surface area contributed by atoms with Crippen LogP contribution in [0.4, 0.5) is 0 Å². The van der Waals surface area contributed by atoms with Gasteiger partial charge in [-0.05, 0) is 41.0 Å². The number of hydrogen-bond donors (Lipinski definition) is 0. The lowest BCUT2D eigenvalue weighted by Crippen LogP contribution is -2.34. The molecule has 1 amide bonds. The average molecular weight is 361 g/mol. The molecule has 0 saturated carbocycles. The van der Waals surface area contributed by atoms with E-state index in [-0.39, 0.29) is 17.0 Å². The maximum atomic E-state index is 12.9. The van der Waals surface area contributed by atoms with Crippen LogP contribution in [0.3, 0.4) is 0 Å². The summed E-state index contributed by atoms with van der Waals surface area (Å²) in [6, 6.07) is 0. The molecule has 26 heavy (non-hydrogen) atoms. The van der Waals surface area contributed by atoms with Crippen molar-refractivity contribution in [3.8, 4) is 0 Å². The Morgan fingerprint density at radius 3 is 2.54 bits per heavy atom. The predicted molar refractivity (Wildman–Crippen MR) is 103 cm³/mol. The maximum absolute atomic E-state index is 12.9. The fourth-order valence-electron chi connectivity index (χ4n) is 3.03. The van der Waals surface area contributed by atoms with E-state index < -0.39 is 0 Å². The monoisotopic (exact) mass is 361 g/mol. The highest BCUT2D eigenvalue weighted by molar-refractivity contribution is 5.76. The molecule has 0 N–H and O–H groups in total. The van der Waals surface area contributed by atoms with Gasteiger partial charge in [0.15, 0.2) is 5.65 Å². The van der Waals surface area contributed by atoms with E-state index in [4.69, 9.17) is 0 Å². The van der Waals surface area contributed by atoms with E-state index >= 15 is 0 Å². The Morgan fingerprint density at radius 1 is 1.27 bits per heavy atom. The van der Waals surface area contributed by atoms with Crippen molar-refractivity contribution in [1.82, 2.24) is 24.2 Å². The number of aryl methyl sites for hydroxylation is 1. The summed E-state index contributed by atoms with van der Waals surface area (Å²) in [5.41, 5.74) is 0.213. The van der Waals surface area contributed by atoms with Gasteiger partial charge < -0.3 is 4.90 Å². The van der Waals surface area contributed by atoms with E-state index in [0.29, 0.717) is 36.4 Å². The van der Waals surface area contributed by atoms with E-state index in [1.807, 2.05) is 32.6 Å². The van der Waals surface area contributed by atoms with Crippen LogP contribution in [0.15, 0.2) is 11.0 Å². The van der Waals surface area contributed by atoms with Gasteiger partial charge in [-0.25, -0.2) is 9.67 Å². The third kappa shape index (κ3) is 4.14. The molecule has 144 valence electrons. The lowest BCUT2D eigenvalue weighted by Gasteiger charge is -2.21. The van der Waals surface area contributed by atoms with Gasteiger partial charge in [0.1, 0.15) is 11.2 Å². The van der Waals surface area contributed by atoms with E-state index in [1.165, 1.54) is 0 Å². The zero-order valence-corrected chi connectivity index (χ0v) is 16.9. The minimum Gasteiger partial charge on any atom is -0.343 e. The normalized spacial score (nSPS) is 11.9. The summed E-state index contributed by atoms with van der Waals surface area (Å²) in [6.07, 6.45) is 3.94. The summed E-state index contributed by atoms with van der Waals surface area (Å²) < 4.78 is 3.36. The third-order valence-electron chi connectivity index (χ3n) is 4.58. The van der Waals surface area contributed by atoms with Crippen molar-refractivity contribution in [2.75, 3.05) is 13.1 Å². The number of rotatable bonds is 7. The smallest absolute Gasteiger partial charge is 0.264 e. The molecule has 2 aromatic rings. The van der Waals surface area contributed by atoms with Crippen LogP contribution in [0.25, 0.3) is 11.0 Å². The number of carbonyl (C=O) groups is 1. The Hall–Kier alpha value is -2.18. The Kier molecular flexibility index (Phi) is 6.21. The Morgan fingerprint density at radius 2 is 1.96 bits per heavy atom. The summed E-state index contributed by atoms with van der Waals surface area (Å²) in [5, 5.41) is 4.84. The van der Waals surface area contributed by atoms with Gasteiger partial charge in [-0.3, -0.25) is 14.2 Å². The number of aromatic nitrogens is 4. The van der Waals surface area contributed by atoms with Crippen molar-refractivity contribution in [3.63, 3.8) is 0 Å². The minimum atomic E-state index is -0.253. The van der Waals surface area contributed by atoms with Crippen molar-refractivity contribution in [1.29, 1.82) is 0 Å². The van der Waals surface area contributed by atoms with Gasteiger partial charge in [-0.1, -0.05) is 13.3 Å². The maximum Gasteiger partial charge on any atom is 0.264 e. The molecule has 0 fully saturated rings. The zero-order chi connectivity index (χ0) is 19.5. The summed E-state index contributed by atoms with van der Waals surface area (Å²) in [5.74, 6) is 0.690. The fraction of sp³-hybridized carbons (Fsp3) is 0.684. The molecule has 0 aliphatic carbocycles. The van der Waals surface area contributed by atoms with Gasteiger partial charge in [-0.15, -0.1) is 0 Å². The van der Waals surface area contributed by atoms with Crippen LogP contribution < -0.4 is 5.56 Å². The van der Waals surface area contributed by atoms with Crippen molar-refractivity contribution in [3.05, 3.63) is 22.4 Å². The second-order valence-corrected chi connectivity index (χ2v) is 7.66. The fourth-order valence-corrected chi connectivity index (χ4v) is 3.03. The van der Waals surface area contributed by atoms with E-state index in [0.717, 1.165) is 19.4 Å². The first kappa shape index (κ1) is 20.1. The Balaban J connectivity index is 2.26. The molecule has 0 aliphatic heterocycles. The summed E-state index contributed by atoms with van der Waals surface area (Å²) in [6.45, 7) is 13.8. The van der Waals surface area contributed by atoms with Crippen LogP contribution >= 0.6 is 0 Å². The van der Waals surface area contributed by atoms with Gasteiger partial charge in [-0.2, -0.15) is 5.10 Å². The Labute approximate surface area is 155 Å². The average Bonchev–Trinajstić information content (AvgIpc) is 2.99. The summed E-state index contributed by atoms with van der Waals surface area (Å²) in [7, 11) is 0. The molecule has 2 aromatic heterocycles. The number of fused-ring (bicyclic) bond motifs is 1. The molecule has 0 aliphatic rings. The molecule has 2 heterocycles. The number of hydrogen-bond acceptors (Lipinski definition) is 4. The molecule has 0 atom stereocenters. The van der Waals surface area contributed by atoms with Crippen LogP contribution in [-0.4, -0.2) is 43.2 Å². The quantitative estimate of drug-likeness (QED) is 0.760. The van der Waals surface area contributed by atoms with Gasteiger partial charge >= 0.3 is 0 Å². The summed E-state index contributed by atoms with van der Waals surface area (Å²) >= 11 is 0. The predicted octanol–water partition coefficient (Wildman–Crippen LogP) is 2.70. The van der Waals surface area contributed by atoms with Crippen LogP contribution in [0.1, 0.15) is 59.7 Å². The molecule has 0 spiro atoms. The molecule has 0 bridgehead atoms. The molecular weight excluding hydrogens is 330 g/mol. The molecule has 0 aromatic carbocycles. The summed E-state index contributed by atoms with van der Waals surface area (Å²) in [4.78, 5) is 31.8. The van der Waals surface area contributed by atoms with Gasteiger partial charge in [0.25, 0.3) is 5.56 Å². The standard InChI is InChI=1S/C19H31N5O2/c1-7-9-11-22(8-2)16(25)10-12-23-14(3)21-17-15(18(23)26)13-20-24(17)19(4,5)6/h13H,7-12H2,1-6H3. The van der Waals surface area contributed by atoms with Crippen LogP contribution in [0.2, 0.25) is 0 Å². The van der Waals surface area contributed by atoms with Crippen molar-refractivity contribution in [2.45, 2.75) is 72.9 Å². The molecular formula is C19H31N5O2. The number of amides is 1. The molecule has 0 unspecified atom stereocenters. The first-order chi connectivity index (χ1) is 12.2. The lowest BCUT2D eigenvalue weighted by molar-refractivity contribution is -0.131. The number of nitrogens with zero attached hydrogens (tertiary/aromatic N) is 5. The molecule has 7 nitrogen and oxygen atoms in total. The molecule has 0 saturated heterocycles. The van der Waals surface area contributed by atoms with Crippen molar-refractivity contribution >= 4 is 16.9 Å². The molecule has 0 radical (unpaired) electrons. The van der Waals surface area contributed by atoms with Gasteiger partial charge in [0.05, 0.1) is 11.7 Å². The van der Waals surface area contributed by atoms with E-state index in [9.17, 15) is 9.59 Å². The topological polar surface area (TPSA) is 73.0 Å². The van der Waals surface area contributed by atoms with Crippen LogP contribution in [0, 0.1) is 6.92 Å². The van der Waals surface area contributed by atoms with Gasteiger partial charge in [0, 0.05) is 26.1 Å². The second-order valence-electron chi connectivity index (χ2n) is 7.66.